The van der Waals surface area contributed by atoms with Gasteiger partial charge in [0.2, 0.25) is 0 Å². The highest BCUT2D eigenvalue weighted by Crippen LogP contribution is 2.39. The number of carbonyl (C=O) groups excluding carboxylic acids is 1. The van der Waals surface area contributed by atoms with Gasteiger partial charge in [0, 0.05) is 11.3 Å². The monoisotopic (exact) mass is 335 g/mol. The Morgan fingerprint density at radius 3 is 2.32 bits per heavy atom. The van der Waals surface area contributed by atoms with Crippen molar-refractivity contribution in [1.29, 1.82) is 0 Å². The number of nitrogens with one attached hydrogen (secondary N) is 1. The van der Waals surface area contributed by atoms with Crippen molar-refractivity contribution in [3.63, 3.8) is 0 Å². The first kappa shape index (κ1) is 17.0. The lowest BCUT2D eigenvalue weighted by Crippen LogP contribution is -2.22. The van der Waals surface area contributed by atoms with E-state index < -0.39 is 5.97 Å². The SMILES string of the molecule is CC1=CCC(C)(C)c2ccc(C(=O)Nc3ccc(C(=O)O)cc3)cc21. The first-order valence-electron chi connectivity index (χ1n) is 8.24. The van der Waals surface area contributed by atoms with Crippen LogP contribution in [-0.2, 0) is 5.41 Å². The van der Waals surface area contributed by atoms with E-state index >= 15 is 0 Å². The maximum absolute atomic E-state index is 12.5. The molecule has 3 rings (SSSR count). The molecule has 2 aromatic rings. The third-order valence-corrected chi connectivity index (χ3v) is 4.74. The average Bonchev–Trinajstić information content (AvgIpc) is 2.58. The first-order chi connectivity index (χ1) is 11.8. The van der Waals surface area contributed by atoms with Crippen LogP contribution in [0.5, 0.6) is 0 Å². The number of hydrogen-bond donors (Lipinski definition) is 2. The third-order valence-electron chi connectivity index (χ3n) is 4.74. The standard InChI is InChI=1S/C21H21NO3/c1-13-10-11-21(2,3)18-9-6-15(12-17(13)18)19(23)22-16-7-4-14(5-8-16)20(24)25/h4-10,12H,11H2,1-3H3,(H,22,23)(H,24,25). The van der Waals surface area contributed by atoms with Crippen molar-refractivity contribution < 1.29 is 14.7 Å². The van der Waals surface area contributed by atoms with Crippen LogP contribution < -0.4 is 5.32 Å². The molecule has 0 aromatic heterocycles. The van der Waals surface area contributed by atoms with Crippen LogP contribution in [0, 0.1) is 0 Å². The summed E-state index contributed by atoms with van der Waals surface area (Å²) in [5.74, 6) is -1.19. The topological polar surface area (TPSA) is 66.4 Å². The summed E-state index contributed by atoms with van der Waals surface area (Å²) in [6.45, 7) is 6.48. The Hall–Kier alpha value is -2.88. The molecule has 0 atom stereocenters. The molecule has 4 nitrogen and oxygen atoms in total. The van der Waals surface area contributed by atoms with Gasteiger partial charge < -0.3 is 10.4 Å². The van der Waals surface area contributed by atoms with Crippen molar-refractivity contribution in [2.75, 3.05) is 5.32 Å². The first-order valence-corrected chi connectivity index (χ1v) is 8.24. The van der Waals surface area contributed by atoms with Gasteiger partial charge in [-0.25, -0.2) is 4.79 Å². The van der Waals surface area contributed by atoms with E-state index in [2.05, 4.69) is 32.2 Å². The van der Waals surface area contributed by atoms with E-state index in [1.165, 1.54) is 23.3 Å². The predicted molar refractivity (Wildman–Crippen MR) is 99.1 cm³/mol. The number of allylic oxidation sites excluding steroid dienone is 2. The number of aromatic carboxylic acids is 1. The third kappa shape index (κ3) is 3.33. The fourth-order valence-electron chi connectivity index (χ4n) is 3.13. The van der Waals surface area contributed by atoms with Crippen LogP contribution in [0.3, 0.4) is 0 Å². The fraction of sp³-hybridized carbons (Fsp3) is 0.238. The number of carboxylic acid groups (broad SMARTS) is 1. The van der Waals surface area contributed by atoms with Crippen LogP contribution in [-0.4, -0.2) is 17.0 Å². The molecular weight excluding hydrogens is 314 g/mol. The van der Waals surface area contributed by atoms with Crippen LogP contribution >= 0.6 is 0 Å². The summed E-state index contributed by atoms with van der Waals surface area (Å²) >= 11 is 0. The van der Waals surface area contributed by atoms with E-state index in [0.29, 0.717) is 11.3 Å². The summed E-state index contributed by atoms with van der Waals surface area (Å²) in [5.41, 5.74) is 4.98. The second kappa shape index (κ2) is 6.20. The number of fused-ring (bicyclic) bond motifs is 1. The summed E-state index contributed by atoms with van der Waals surface area (Å²) in [7, 11) is 0. The van der Waals surface area contributed by atoms with Crippen LogP contribution in [0.2, 0.25) is 0 Å². The zero-order valence-corrected chi connectivity index (χ0v) is 14.6. The zero-order chi connectivity index (χ0) is 18.2. The maximum Gasteiger partial charge on any atom is 0.335 e. The van der Waals surface area contributed by atoms with Gasteiger partial charge >= 0.3 is 5.97 Å². The predicted octanol–water partition coefficient (Wildman–Crippen LogP) is 4.72. The van der Waals surface area contributed by atoms with E-state index in [1.807, 2.05) is 18.2 Å². The van der Waals surface area contributed by atoms with Crippen molar-refractivity contribution in [3.05, 3.63) is 70.8 Å². The maximum atomic E-state index is 12.5. The summed E-state index contributed by atoms with van der Waals surface area (Å²) in [6.07, 6.45) is 3.21. The summed E-state index contributed by atoms with van der Waals surface area (Å²) in [5, 5.41) is 11.7. The Kier molecular flexibility index (Phi) is 4.21. The molecule has 128 valence electrons. The average molecular weight is 335 g/mol. The van der Waals surface area contributed by atoms with Gasteiger partial charge in [0.15, 0.2) is 0 Å². The van der Waals surface area contributed by atoms with Gasteiger partial charge in [0.1, 0.15) is 0 Å². The molecule has 0 fully saturated rings. The number of carbonyl (C=O) groups is 2. The molecule has 1 amide bonds. The molecule has 4 heteroatoms. The quantitative estimate of drug-likeness (QED) is 0.853. The lowest BCUT2D eigenvalue weighted by atomic mass is 9.73. The molecule has 2 aromatic carbocycles. The van der Waals surface area contributed by atoms with E-state index in [-0.39, 0.29) is 16.9 Å². The van der Waals surface area contributed by atoms with Gasteiger partial charge in [-0.2, -0.15) is 0 Å². The van der Waals surface area contributed by atoms with Gasteiger partial charge in [-0.3, -0.25) is 4.79 Å². The molecule has 0 spiro atoms. The van der Waals surface area contributed by atoms with Gasteiger partial charge in [-0.05, 0) is 71.9 Å². The summed E-state index contributed by atoms with van der Waals surface area (Å²) in [6, 6.07) is 11.9. The van der Waals surface area contributed by atoms with Gasteiger partial charge in [-0.15, -0.1) is 0 Å². The second-order valence-corrected chi connectivity index (χ2v) is 7.07. The number of rotatable bonds is 3. The second-order valence-electron chi connectivity index (χ2n) is 7.07. The molecule has 0 heterocycles. The largest absolute Gasteiger partial charge is 0.478 e. The normalized spacial score (nSPS) is 15.1. The minimum atomic E-state index is -0.988. The summed E-state index contributed by atoms with van der Waals surface area (Å²) < 4.78 is 0. The van der Waals surface area contributed by atoms with E-state index in [9.17, 15) is 9.59 Å². The van der Waals surface area contributed by atoms with Gasteiger partial charge in [0.25, 0.3) is 5.91 Å². The Labute approximate surface area is 147 Å². The molecule has 1 aliphatic rings. The minimum Gasteiger partial charge on any atom is -0.478 e. The smallest absolute Gasteiger partial charge is 0.335 e. The fourth-order valence-corrected chi connectivity index (χ4v) is 3.13. The van der Waals surface area contributed by atoms with Crippen molar-refractivity contribution in [1.82, 2.24) is 0 Å². The van der Waals surface area contributed by atoms with Gasteiger partial charge in [0.05, 0.1) is 5.56 Å². The molecule has 0 saturated heterocycles. The number of carboxylic acids is 1. The van der Waals surface area contributed by atoms with Gasteiger partial charge in [-0.1, -0.05) is 26.0 Å². The Morgan fingerprint density at radius 2 is 1.68 bits per heavy atom. The number of amides is 1. The highest BCUT2D eigenvalue weighted by molar-refractivity contribution is 6.05. The molecule has 1 aliphatic carbocycles. The van der Waals surface area contributed by atoms with Crippen molar-refractivity contribution in [2.45, 2.75) is 32.6 Å². The Balaban J connectivity index is 1.85. The summed E-state index contributed by atoms with van der Waals surface area (Å²) in [4.78, 5) is 23.4. The van der Waals surface area contributed by atoms with Crippen molar-refractivity contribution >= 4 is 23.1 Å². The Morgan fingerprint density at radius 1 is 1.04 bits per heavy atom. The van der Waals surface area contributed by atoms with Crippen LogP contribution in [0.1, 0.15) is 59.0 Å². The molecule has 0 bridgehead atoms. The highest BCUT2D eigenvalue weighted by atomic mass is 16.4. The lowest BCUT2D eigenvalue weighted by Gasteiger charge is -2.31. The lowest BCUT2D eigenvalue weighted by molar-refractivity contribution is 0.0696. The van der Waals surface area contributed by atoms with Crippen LogP contribution in [0.4, 0.5) is 5.69 Å². The van der Waals surface area contributed by atoms with E-state index in [4.69, 9.17) is 5.11 Å². The Bertz CT molecular complexity index is 877. The van der Waals surface area contributed by atoms with Crippen LogP contribution in [0.15, 0.2) is 48.5 Å². The molecule has 0 saturated carbocycles. The van der Waals surface area contributed by atoms with E-state index in [0.717, 1.165) is 12.0 Å². The highest BCUT2D eigenvalue weighted by Gasteiger charge is 2.27. The van der Waals surface area contributed by atoms with E-state index in [1.54, 1.807) is 12.1 Å². The molecule has 0 unspecified atom stereocenters. The zero-order valence-electron chi connectivity index (χ0n) is 14.6. The molecule has 0 aliphatic heterocycles. The molecule has 0 radical (unpaired) electrons. The molecule has 25 heavy (non-hydrogen) atoms. The number of anilines is 1. The van der Waals surface area contributed by atoms with Crippen molar-refractivity contribution in [3.8, 4) is 0 Å². The van der Waals surface area contributed by atoms with Crippen LogP contribution in [0.25, 0.3) is 5.57 Å². The number of benzene rings is 2. The van der Waals surface area contributed by atoms with Crippen molar-refractivity contribution in [2.24, 2.45) is 0 Å². The molecule has 2 N–H and O–H groups in total. The molecular formula is C21H21NO3. The number of hydrogen-bond acceptors (Lipinski definition) is 2. The minimum absolute atomic E-state index is 0.0660.